The summed E-state index contributed by atoms with van der Waals surface area (Å²) in [7, 11) is 0. The van der Waals surface area contributed by atoms with Crippen molar-refractivity contribution in [3.05, 3.63) is 34.9 Å². The lowest BCUT2D eigenvalue weighted by Crippen LogP contribution is -2.59. The monoisotopic (exact) mass is 252 g/mol. The quantitative estimate of drug-likeness (QED) is 0.891. The summed E-state index contributed by atoms with van der Waals surface area (Å²) in [5.41, 5.74) is 0.717. The van der Waals surface area contributed by atoms with Gasteiger partial charge in [-0.2, -0.15) is 0 Å². The van der Waals surface area contributed by atoms with E-state index >= 15 is 0 Å². The molecule has 1 aliphatic heterocycles. The summed E-state index contributed by atoms with van der Waals surface area (Å²) in [6.07, 6.45) is 0.982. The summed E-state index contributed by atoms with van der Waals surface area (Å²) in [5.74, 6) is 0.106. The molecular formula is C13H17ClN2O. The van der Waals surface area contributed by atoms with E-state index in [1.165, 1.54) is 0 Å². The molecule has 1 aromatic rings. The van der Waals surface area contributed by atoms with E-state index in [4.69, 9.17) is 11.6 Å². The average molecular weight is 253 g/mol. The predicted molar refractivity (Wildman–Crippen MR) is 69.4 cm³/mol. The highest BCUT2D eigenvalue weighted by atomic mass is 35.5. The molecule has 0 unspecified atom stereocenters. The Morgan fingerprint density at radius 2 is 2.06 bits per heavy atom. The number of rotatable bonds is 4. The minimum absolute atomic E-state index is 0.106. The van der Waals surface area contributed by atoms with E-state index in [2.05, 4.69) is 12.2 Å². The van der Waals surface area contributed by atoms with Gasteiger partial charge in [-0.1, -0.05) is 18.5 Å². The Balaban J connectivity index is 2.12. The van der Waals surface area contributed by atoms with Crippen LogP contribution in [-0.4, -0.2) is 36.5 Å². The first-order valence-corrected chi connectivity index (χ1v) is 6.37. The van der Waals surface area contributed by atoms with Crippen LogP contribution in [0.15, 0.2) is 24.3 Å². The molecule has 2 rings (SSSR count). The first-order chi connectivity index (χ1) is 8.22. The van der Waals surface area contributed by atoms with Crippen molar-refractivity contribution in [2.45, 2.75) is 19.4 Å². The van der Waals surface area contributed by atoms with Crippen molar-refractivity contribution >= 4 is 17.5 Å². The molecule has 0 aromatic heterocycles. The van der Waals surface area contributed by atoms with Gasteiger partial charge in [-0.15, -0.1) is 0 Å². The third-order valence-electron chi connectivity index (χ3n) is 3.02. The summed E-state index contributed by atoms with van der Waals surface area (Å²) in [6.45, 7) is 4.71. The molecule has 0 saturated carbocycles. The summed E-state index contributed by atoms with van der Waals surface area (Å²) >= 11 is 5.82. The maximum absolute atomic E-state index is 12.3. The molecular weight excluding hydrogens is 236 g/mol. The van der Waals surface area contributed by atoms with Gasteiger partial charge in [-0.05, 0) is 30.7 Å². The van der Waals surface area contributed by atoms with Gasteiger partial charge in [0.05, 0.1) is 6.04 Å². The Morgan fingerprint density at radius 3 is 2.53 bits per heavy atom. The predicted octanol–water partition coefficient (Wildman–Crippen LogP) is 2.16. The van der Waals surface area contributed by atoms with Gasteiger partial charge < -0.3 is 10.2 Å². The number of hydrogen-bond donors (Lipinski definition) is 1. The van der Waals surface area contributed by atoms with E-state index in [-0.39, 0.29) is 5.91 Å². The first kappa shape index (κ1) is 12.4. The van der Waals surface area contributed by atoms with Gasteiger partial charge in [0.2, 0.25) is 0 Å². The van der Waals surface area contributed by atoms with Crippen LogP contribution in [-0.2, 0) is 0 Å². The molecule has 0 spiro atoms. The van der Waals surface area contributed by atoms with E-state index in [1.807, 2.05) is 4.90 Å². The van der Waals surface area contributed by atoms with E-state index in [0.29, 0.717) is 11.1 Å². The normalized spacial score (nSPS) is 15.4. The topological polar surface area (TPSA) is 32.3 Å². The Kier molecular flexibility index (Phi) is 4.02. The molecule has 3 nitrogen and oxygen atoms in total. The summed E-state index contributed by atoms with van der Waals surface area (Å²) in [4.78, 5) is 14.3. The standard InChI is InChI=1S/C13H17ClN2O/c1-2-7-16(12-8-15-9-12)13(17)10-3-5-11(14)6-4-10/h3-6,12,15H,2,7-9H2,1H3. The number of benzene rings is 1. The third kappa shape index (κ3) is 2.79. The Morgan fingerprint density at radius 1 is 1.41 bits per heavy atom. The number of carbonyl (C=O) groups is 1. The van der Waals surface area contributed by atoms with E-state index < -0.39 is 0 Å². The van der Waals surface area contributed by atoms with Gasteiger partial charge in [-0.25, -0.2) is 0 Å². The molecule has 4 heteroatoms. The molecule has 1 saturated heterocycles. The number of nitrogens with zero attached hydrogens (tertiary/aromatic N) is 1. The fourth-order valence-corrected chi connectivity index (χ4v) is 2.07. The maximum Gasteiger partial charge on any atom is 0.254 e. The van der Waals surface area contributed by atoms with Gasteiger partial charge >= 0.3 is 0 Å². The maximum atomic E-state index is 12.3. The second-order valence-corrected chi connectivity index (χ2v) is 4.75. The molecule has 1 amide bonds. The van der Waals surface area contributed by atoms with Crippen molar-refractivity contribution in [3.8, 4) is 0 Å². The molecule has 0 bridgehead atoms. The number of halogens is 1. The lowest BCUT2D eigenvalue weighted by Gasteiger charge is -2.38. The van der Waals surface area contributed by atoms with Crippen molar-refractivity contribution < 1.29 is 4.79 Å². The third-order valence-corrected chi connectivity index (χ3v) is 3.27. The van der Waals surface area contributed by atoms with Crippen LogP contribution in [0, 0.1) is 0 Å². The summed E-state index contributed by atoms with van der Waals surface area (Å²) in [5, 5.41) is 3.86. The molecule has 1 aromatic carbocycles. The zero-order valence-electron chi connectivity index (χ0n) is 9.95. The highest BCUT2D eigenvalue weighted by molar-refractivity contribution is 6.30. The van der Waals surface area contributed by atoms with Crippen molar-refractivity contribution in [3.63, 3.8) is 0 Å². The van der Waals surface area contributed by atoms with Crippen molar-refractivity contribution in [1.29, 1.82) is 0 Å². The van der Waals surface area contributed by atoms with Crippen LogP contribution in [0.5, 0.6) is 0 Å². The molecule has 0 atom stereocenters. The minimum atomic E-state index is 0.106. The molecule has 1 N–H and O–H groups in total. The largest absolute Gasteiger partial charge is 0.333 e. The minimum Gasteiger partial charge on any atom is -0.333 e. The Labute approximate surface area is 107 Å². The van der Waals surface area contributed by atoms with Crippen LogP contribution >= 0.6 is 11.6 Å². The molecule has 17 heavy (non-hydrogen) atoms. The van der Waals surface area contributed by atoms with Crippen LogP contribution in [0.2, 0.25) is 5.02 Å². The van der Waals surface area contributed by atoms with Crippen molar-refractivity contribution in [2.24, 2.45) is 0 Å². The fraction of sp³-hybridized carbons (Fsp3) is 0.462. The lowest BCUT2D eigenvalue weighted by atomic mass is 10.1. The van der Waals surface area contributed by atoms with E-state index in [0.717, 1.165) is 31.6 Å². The van der Waals surface area contributed by atoms with Crippen LogP contribution in [0.25, 0.3) is 0 Å². The van der Waals surface area contributed by atoms with E-state index in [9.17, 15) is 4.79 Å². The van der Waals surface area contributed by atoms with Crippen LogP contribution in [0.4, 0.5) is 0 Å². The van der Waals surface area contributed by atoms with Gasteiger partial charge in [0.25, 0.3) is 5.91 Å². The number of hydrogen-bond acceptors (Lipinski definition) is 2. The van der Waals surface area contributed by atoms with Crippen LogP contribution in [0.1, 0.15) is 23.7 Å². The average Bonchev–Trinajstić information content (AvgIpc) is 2.26. The van der Waals surface area contributed by atoms with Crippen LogP contribution < -0.4 is 5.32 Å². The second kappa shape index (κ2) is 5.52. The molecule has 0 radical (unpaired) electrons. The molecule has 0 aliphatic carbocycles. The summed E-state index contributed by atoms with van der Waals surface area (Å²) in [6, 6.07) is 7.45. The Hall–Kier alpha value is -1.06. The highest BCUT2D eigenvalue weighted by Crippen LogP contribution is 2.15. The van der Waals surface area contributed by atoms with Crippen molar-refractivity contribution in [1.82, 2.24) is 10.2 Å². The van der Waals surface area contributed by atoms with Gasteiger partial charge in [0.15, 0.2) is 0 Å². The molecule has 1 fully saturated rings. The van der Waals surface area contributed by atoms with Gasteiger partial charge in [0.1, 0.15) is 0 Å². The smallest absolute Gasteiger partial charge is 0.254 e. The summed E-state index contributed by atoms with van der Waals surface area (Å²) < 4.78 is 0. The fourth-order valence-electron chi connectivity index (χ4n) is 1.94. The zero-order chi connectivity index (χ0) is 12.3. The SMILES string of the molecule is CCCN(C(=O)c1ccc(Cl)cc1)C1CNC1. The van der Waals surface area contributed by atoms with Gasteiger partial charge in [0, 0.05) is 30.2 Å². The van der Waals surface area contributed by atoms with E-state index in [1.54, 1.807) is 24.3 Å². The molecule has 1 heterocycles. The van der Waals surface area contributed by atoms with Crippen LogP contribution in [0.3, 0.4) is 0 Å². The number of nitrogens with one attached hydrogen (secondary N) is 1. The highest BCUT2D eigenvalue weighted by Gasteiger charge is 2.28. The van der Waals surface area contributed by atoms with Crippen molar-refractivity contribution in [2.75, 3.05) is 19.6 Å². The lowest BCUT2D eigenvalue weighted by molar-refractivity contribution is 0.0616. The molecule has 1 aliphatic rings. The second-order valence-electron chi connectivity index (χ2n) is 4.32. The number of carbonyl (C=O) groups excluding carboxylic acids is 1. The first-order valence-electron chi connectivity index (χ1n) is 5.99. The zero-order valence-corrected chi connectivity index (χ0v) is 10.7. The molecule has 92 valence electrons. The Bertz CT molecular complexity index is 387. The van der Waals surface area contributed by atoms with Gasteiger partial charge in [-0.3, -0.25) is 4.79 Å². The number of amides is 1.